The van der Waals surface area contributed by atoms with Gasteiger partial charge in [0.2, 0.25) is 5.91 Å². The van der Waals surface area contributed by atoms with Crippen molar-refractivity contribution in [2.75, 3.05) is 6.54 Å². The zero-order chi connectivity index (χ0) is 13.2. The highest BCUT2D eigenvalue weighted by Gasteiger charge is 2.40. The summed E-state index contributed by atoms with van der Waals surface area (Å²) in [5.74, 6) is -1.21. The van der Waals surface area contributed by atoms with Crippen LogP contribution in [0.15, 0.2) is 0 Å². The summed E-state index contributed by atoms with van der Waals surface area (Å²) in [5.41, 5.74) is 5.74. The lowest BCUT2D eigenvalue weighted by Gasteiger charge is -2.25. The molecule has 0 saturated carbocycles. The maximum absolute atomic E-state index is 12.0. The zero-order valence-corrected chi connectivity index (χ0v) is 10.2. The molecular weight excluding hydrogens is 224 g/mol. The van der Waals surface area contributed by atoms with Gasteiger partial charge >= 0.3 is 5.97 Å². The van der Waals surface area contributed by atoms with E-state index in [1.807, 2.05) is 13.8 Å². The number of aliphatic hydroxyl groups is 1. The van der Waals surface area contributed by atoms with Gasteiger partial charge in [-0.2, -0.15) is 0 Å². The summed E-state index contributed by atoms with van der Waals surface area (Å²) in [6, 6.07) is -1.64. The summed E-state index contributed by atoms with van der Waals surface area (Å²) in [6.45, 7) is 3.95. The van der Waals surface area contributed by atoms with Crippen molar-refractivity contribution in [3.63, 3.8) is 0 Å². The Morgan fingerprint density at radius 1 is 1.47 bits per heavy atom. The number of rotatable bonds is 4. The topological polar surface area (TPSA) is 104 Å². The number of carbonyl (C=O) groups excluding carboxylic acids is 1. The van der Waals surface area contributed by atoms with Crippen molar-refractivity contribution in [1.82, 2.24) is 4.90 Å². The number of nitrogens with zero attached hydrogens (tertiary/aromatic N) is 1. The number of aliphatic hydroxyl groups excluding tert-OH is 1. The van der Waals surface area contributed by atoms with E-state index in [0.29, 0.717) is 6.42 Å². The molecule has 1 aliphatic rings. The molecule has 1 heterocycles. The molecule has 0 spiro atoms. The largest absolute Gasteiger partial charge is 0.480 e. The Balaban J connectivity index is 2.70. The van der Waals surface area contributed by atoms with Crippen LogP contribution in [0.25, 0.3) is 0 Å². The van der Waals surface area contributed by atoms with Gasteiger partial charge in [0.05, 0.1) is 12.1 Å². The molecule has 1 rings (SSSR count). The molecule has 17 heavy (non-hydrogen) atoms. The first-order valence-corrected chi connectivity index (χ1v) is 5.79. The van der Waals surface area contributed by atoms with Crippen LogP contribution in [0.3, 0.4) is 0 Å². The molecule has 98 valence electrons. The van der Waals surface area contributed by atoms with Gasteiger partial charge in [-0.3, -0.25) is 4.79 Å². The summed E-state index contributed by atoms with van der Waals surface area (Å²) in [5, 5.41) is 18.4. The van der Waals surface area contributed by atoms with E-state index in [0.717, 1.165) is 0 Å². The fourth-order valence-electron chi connectivity index (χ4n) is 2.11. The van der Waals surface area contributed by atoms with Gasteiger partial charge in [0.1, 0.15) is 6.04 Å². The van der Waals surface area contributed by atoms with Crippen LogP contribution < -0.4 is 5.73 Å². The Bertz CT molecular complexity index is 306. The highest BCUT2D eigenvalue weighted by molar-refractivity contribution is 5.87. The van der Waals surface area contributed by atoms with Crippen LogP contribution in [0.5, 0.6) is 0 Å². The second kappa shape index (κ2) is 5.46. The van der Waals surface area contributed by atoms with Crippen LogP contribution in [0.1, 0.15) is 26.7 Å². The Morgan fingerprint density at radius 2 is 2.06 bits per heavy atom. The van der Waals surface area contributed by atoms with Gasteiger partial charge in [-0.05, 0) is 12.3 Å². The molecule has 3 atom stereocenters. The van der Waals surface area contributed by atoms with Gasteiger partial charge in [0, 0.05) is 13.0 Å². The van der Waals surface area contributed by atoms with Gasteiger partial charge in [-0.1, -0.05) is 13.8 Å². The molecule has 1 aliphatic heterocycles. The molecule has 6 nitrogen and oxygen atoms in total. The van der Waals surface area contributed by atoms with E-state index in [1.165, 1.54) is 4.90 Å². The third-order valence-corrected chi connectivity index (χ3v) is 2.89. The van der Waals surface area contributed by atoms with Gasteiger partial charge in [-0.25, -0.2) is 4.79 Å². The maximum atomic E-state index is 12.0. The monoisotopic (exact) mass is 244 g/mol. The first-order chi connectivity index (χ1) is 7.82. The van der Waals surface area contributed by atoms with E-state index in [1.54, 1.807) is 0 Å². The minimum Gasteiger partial charge on any atom is -0.480 e. The summed E-state index contributed by atoms with van der Waals surface area (Å²) >= 11 is 0. The van der Waals surface area contributed by atoms with Gasteiger partial charge in [0.15, 0.2) is 0 Å². The highest BCUT2D eigenvalue weighted by Crippen LogP contribution is 2.20. The number of likely N-dealkylation sites (tertiary alicyclic amines) is 1. The summed E-state index contributed by atoms with van der Waals surface area (Å²) < 4.78 is 0. The number of carboxylic acid groups (broad SMARTS) is 1. The Kier molecular flexibility index (Phi) is 4.47. The summed E-state index contributed by atoms with van der Waals surface area (Å²) in [6.07, 6.45) is -0.181. The van der Waals surface area contributed by atoms with E-state index in [2.05, 4.69) is 0 Å². The standard InChI is InChI=1S/C11H20N2O4/c1-6(2)3-8(12)10(15)13-5-7(14)4-9(13)11(16)17/h6-9,14H,3-5,12H2,1-2H3,(H,16,17)/t7-,8+,9-/m0/s1. The highest BCUT2D eigenvalue weighted by atomic mass is 16.4. The predicted molar refractivity (Wildman–Crippen MR) is 61.2 cm³/mol. The van der Waals surface area contributed by atoms with E-state index in [-0.39, 0.29) is 24.8 Å². The molecule has 0 aromatic rings. The molecule has 1 saturated heterocycles. The van der Waals surface area contributed by atoms with Crippen molar-refractivity contribution < 1.29 is 19.8 Å². The lowest BCUT2D eigenvalue weighted by Crippen LogP contribution is -2.49. The fourth-order valence-corrected chi connectivity index (χ4v) is 2.11. The number of nitrogens with two attached hydrogens (primary N) is 1. The van der Waals surface area contributed by atoms with E-state index >= 15 is 0 Å². The van der Waals surface area contributed by atoms with Crippen molar-refractivity contribution in [3.8, 4) is 0 Å². The second-order valence-corrected chi connectivity index (χ2v) is 4.97. The van der Waals surface area contributed by atoms with E-state index < -0.39 is 24.2 Å². The fraction of sp³-hybridized carbons (Fsp3) is 0.818. The molecule has 0 bridgehead atoms. The van der Waals surface area contributed by atoms with Gasteiger partial charge in [-0.15, -0.1) is 0 Å². The average molecular weight is 244 g/mol. The number of hydrogen-bond donors (Lipinski definition) is 3. The number of amides is 1. The number of hydrogen-bond acceptors (Lipinski definition) is 4. The third-order valence-electron chi connectivity index (χ3n) is 2.89. The Hall–Kier alpha value is -1.14. The molecule has 6 heteroatoms. The van der Waals surface area contributed by atoms with Crippen molar-refractivity contribution in [1.29, 1.82) is 0 Å². The van der Waals surface area contributed by atoms with Crippen LogP contribution in [0, 0.1) is 5.92 Å². The predicted octanol–water partition coefficient (Wildman–Crippen LogP) is -0.594. The molecule has 0 radical (unpaired) electrons. The van der Waals surface area contributed by atoms with Crippen molar-refractivity contribution in [2.45, 2.75) is 44.9 Å². The SMILES string of the molecule is CC(C)C[C@@H](N)C(=O)N1C[C@@H](O)C[C@H]1C(=O)O. The number of carbonyl (C=O) groups is 2. The molecule has 1 fully saturated rings. The zero-order valence-electron chi connectivity index (χ0n) is 10.2. The first kappa shape index (κ1) is 13.9. The molecule has 0 unspecified atom stereocenters. The smallest absolute Gasteiger partial charge is 0.326 e. The quantitative estimate of drug-likeness (QED) is 0.613. The van der Waals surface area contributed by atoms with E-state index in [9.17, 15) is 14.7 Å². The van der Waals surface area contributed by atoms with Crippen molar-refractivity contribution >= 4 is 11.9 Å². The minimum absolute atomic E-state index is 0.0571. The minimum atomic E-state index is -1.09. The first-order valence-electron chi connectivity index (χ1n) is 5.79. The molecule has 4 N–H and O–H groups in total. The second-order valence-electron chi connectivity index (χ2n) is 4.97. The van der Waals surface area contributed by atoms with Crippen LogP contribution in [0.2, 0.25) is 0 Å². The van der Waals surface area contributed by atoms with E-state index in [4.69, 9.17) is 10.8 Å². The van der Waals surface area contributed by atoms with Crippen LogP contribution >= 0.6 is 0 Å². The Labute approximate surface area is 100 Å². The molecule has 0 aliphatic carbocycles. The third kappa shape index (κ3) is 3.41. The number of β-amino-alcohol motifs (C(OH)–C–C–N with tert-alkyl or cyclic N) is 1. The molecule has 0 aromatic heterocycles. The summed E-state index contributed by atoms with van der Waals surface area (Å²) in [4.78, 5) is 24.1. The molecular formula is C11H20N2O4. The van der Waals surface area contributed by atoms with Crippen molar-refractivity contribution in [3.05, 3.63) is 0 Å². The summed E-state index contributed by atoms with van der Waals surface area (Å²) in [7, 11) is 0. The van der Waals surface area contributed by atoms with Crippen molar-refractivity contribution in [2.24, 2.45) is 11.7 Å². The average Bonchev–Trinajstić information content (AvgIpc) is 2.58. The normalized spacial score (nSPS) is 26.3. The van der Waals surface area contributed by atoms with Gasteiger partial charge in [0.25, 0.3) is 0 Å². The number of carboxylic acids is 1. The maximum Gasteiger partial charge on any atom is 0.326 e. The van der Waals surface area contributed by atoms with Crippen LogP contribution in [-0.4, -0.2) is 51.7 Å². The lowest BCUT2D eigenvalue weighted by atomic mass is 10.0. The van der Waals surface area contributed by atoms with Crippen LogP contribution in [0.4, 0.5) is 0 Å². The van der Waals surface area contributed by atoms with Crippen LogP contribution in [-0.2, 0) is 9.59 Å². The molecule has 1 amide bonds. The number of aliphatic carboxylic acids is 1. The molecule has 0 aromatic carbocycles. The van der Waals surface area contributed by atoms with Gasteiger partial charge < -0.3 is 20.8 Å². The Morgan fingerprint density at radius 3 is 2.53 bits per heavy atom. The lowest BCUT2D eigenvalue weighted by molar-refractivity contribution is -0.148.